The van der Waals surface area contributed by atoms with Crippen molar-refractivity contribution in [3.8, 4) is 0 Å². The van der Waals surface area contributed by atoms with E-state index in [9.17, 15) is 10.2 Å². The number of halogens is 1. The van der Waals surface area contributed by atoms with E-state index in [-0.39, 0.29) is 17.8 Å². The van der Waals surface area contributed by atoms with Gasteiger partial charge < -0.3 is 10.2 Å². The average Bonchev–Trinajstić information content (AvgIpc) is 1.93. The van der Waals surface area contributed by atoms with Crippen molar-refractivity contribution in [2.24, 2.45) is 17.3 Å². The predicted molar refractivity (Wildman–Crippen MR) is 53.9 cm³/mol. The van der Waals surface area contributed by atoms with Gasteiger partial charge in [0.05, 0.1) is 11.7 Å². The molecule has 0 unspecified atom stereocenters. The van der Waals surface area contributed by atoms with Crippen molar-refractivity contribution in [1.29, 1.82) is 0 Å². The molecule has 0 spiro atoms. The smallest absolute Gasteiger partial charge is 0.0910 e. The summed E-state index contributed by atoms with van der Waals surface area (Å²) in [6, 6.07) is 0. The summed E-state index contributed by atoms with van der Waals surface area (Å²) in [5, 5.41) is 19.7. The summed E-state index contributed by atoms with van der Waals surface area (Å²) >= 11 is 0. The molecular formula is C10H19ClO2. The fraction of sp³-hybridized carbons (Fsp3) is 1.00. The van der Waals surface area contributed by atoms with Crippen LogP contribution in [0.4, 0.5) is 0 Å². The monoisotopic (exact) mass is 206 g/mol. The third-order valence-electron chi connectivity index (χ3n) is 4.36. The zero-order valence-corrected chi connectivity index (χ0v) is 9.27. The van der Waals surface area contributed by atoms with Gasteiger partial charge in [-0.1, -0.05) is 13.8 Å². The number of fused-ring (bicyclic) bond motifs is 2. The SMILES string of the molecule is CC1(C)[C@@H]2C[C@@H](O)[C@@](C)(O)[C@H]1C2.Cl. The van der Waals surface area contributed by atoms with E-state index in [1.54, 1.807) is 6.92 Å². The lowest BCUT2D eigenvalue weighted by Crippen LogP contribution is -2.66. The zero-order valence-electron chi connectivity index (χ0n) is 8.45. The highest BCUT2D eigenvalue weighted by Crippen LogP contribution is 2.62. The molecule has 3 heteroatoms. The van der Waals surface area contributed by atoms with Crippen LogP contribution < -0.4 is 0 Å². The van der Waals surface area contributed by atoms with Crippen LogP contribution in [0, 0.1) is 17.3 Å². The lowest BCUT2D eigenvalue weighted by Gasteiger charge is -2.64. The molecule has 0 amide bonds. The van der Waals surface area contributed by atoms with Crippen LogP contribution in [0.3, 0.4) is 0 Å². The highest BCUT2D eigenvalue weighted by Gasteiger charge is 2.62. The van der Waals surface area contributed by atoms with Crippen LogP contribution in [0.1, 0.15) is 33.6 Å². The summed E-state index contributed by atoms with van der Waals surface area (Å²) in [6.07, 6.45) is 1.36. The van der Waals surface area contributed by atoms with E-state index in [0.29, 0.717) is 11.8 Å². The number of rotatable bonds is 0. The van der Waals surface area contributed by atoms with Crippen LogP contribution in [-0.4, -0.2) is 21.9 Å². The van der Waals surface area contributed by atoms with Crippen LogP contribution in [0.25, 0.3) is 0 Å². The van der Waals surface area contributed by atoms with Crippen molar-refractivity contribution < 1.29 is 10.2 Å². The fourth-order valence-corrected chi connectivity index (χ4v) is 3.15. The van der Waals surface area contributed by atoms with E-state index < -0.39 is 11.7 Å². The standard InChI is InChI=1S/C10H18O2.ClH/c1-9(2)6-4-7(9)10(3,12)8(11)5-6;/h6-8,11-12H,4-5H2,1-3H3;1H/t6-,7-,8+,10-;/m0./s1. The maximum atomic E-state index is 10.0. The van der Waals surface area contributed by atoms with Gasteiger partial charge in [0.15, 0.2) is 0 Å². The van der Waals surface area contributed by atoms with Gasteiger partial charge in [-0.25, -0.2) is 0 Å². The molecule has 3 fully saturated rings. The predicted octanol–water partition coefficient (Wildman–Crippen LogP) is 1.59. The van der Waals surface area contributed by atoms with Gasteiger partial charge >= 0.3 is 0 Å². The van der Waals surface area contributed by atoms with Gasteiger partial charge in [-0.2, -0.15) is 0 Å². The molecule has 0 saturated heterocycles. The minimum absolute atomic E-state index is 0. The second-order valence-corrected chi connectivity index (χ2v) is 5.28. The lowest BCUT2D eigenvalue weighted by molar-refractivity contribution is -0.245. The summed E-state index contributed by atoms with van der Waals surface area (Å²) in [6.45, 7) is 6.18. The molecule has 13 heavy (non-hydrogen) atoms. The van der Waals surface area contributed by atoms with Crippen molar-refractivity contribution in [3.63, 3.8) is 0 Å². The van der Waals surface area contributed by atoms with Crippen LogP contribution in [0.15, 0.2) is 0 Å². The van der Waals surface area contributed by atoms with Crippen LogP contribution in [0.5, 0.6) is 0 Å². The molecule has 0 heterocycles. The Hall–Kier alpha value is 0.210. The van der Waals surface area contributed by atoms with Gasteiger partial charge in [-0.15, -0.1) is 12.4 Å². The van der Waals surface area contributed by atoms with E-state index >= 15 is 0 Å². The van der Waals surface area contributed by atoms with Gasteiger partial charge in [0.1, 0.15) is 0 Å². The van der Waals surface area contributed by atoms with Gasteiger partial charge in [0.25, 0.3) is 0 Å². The average molecular weight is 207 g/mol. The molecule has 0 radical (unpaired) electrons. The first-order valence-corrected chi connectivity index (χ1v) is 4.77. The van der Waals surface area contributed by atoms with Crippen molar-refractivity contribution in [3.05, 3.63) is 0 Å². The summed E-state index contributed by atoms with van der Waals surface area (Å²) in [7, 11) is 0. The Morgan fingerprint density at radius 2 is 1.69 bits per heavy atom. The molecule has 3 aliphatic rings. The molecule has 3 aliphatic carbocycles. The van der Waals surface area contributed by atoms with Crippen LogP contribution in [0.2, 0.25) is 0 Å². The van der Waals surface area contributed by atoms with E-state index in [1.165, 1.54) is 0 Å². The van der Waals surface area contributed by atoms with Gasteiger partial charge in [-0.3, -0.25) is 0 Å². The Morgan fingerprint density at radius 3 is 2.00 bits per heavy atom. The first kappa shape index (κ1) is 11.3. The Kier molecular flexibility index (Phi) is 2.47. The Morgan fingerprint density at radius 1 is 1.15 bits per heavy atom. The third-order valence-corrected chi connectivity index (χ3v) is 4.36. The van der Waals surface area contributed by atoms with Crippen molar-refractivity contribution >= 4 is 12.4 Å². The van der Waals surface area contributed by atoms with Crippen LogP contribution in [-0.2, 0) is 0 Å². The molecule has 0 aromatic heterocycles. The largest absolute Gasteiger partial charge is 0.390 e. The van der Waals surface area contributed by atoms with Crippen LogP contribution >= 0.6 is 12.4 Å². The second-order valence-electron chi connectivity index (χ2n) is 5.28. The summed E-state index contributed by atoms with van der Waals surface area (Å²) in [4.78, 5) is 0. The van der Waals surface area contributed by atoms with Gasteiger partial charge in [0, 0.05) is 0 Å². The Bertz CT molecular complexity index is 213. The molecule has 4 atom stereocenters. The second kappa shape index (κ2) is 2.85. The number of hydrogen-bond acceptors (Lipinski definition) is 2. The topological polar surface area (TPSA) is 40.5 Å². The first-order valence-electron chi connectivity index (χ1n) is 4.77. The normalized spacial score (nSPS) is 51.9. The molecule has 2 bridgehead atoms. The Balaban J connectivity index is 0.000000845. The maximum Gasteiger partial charge on any atom is 0.0910 e. The van der Waals surface area contributed by atoms with E-state index in [4.69, 9.17) is 0 Å². The summed E-state index contributed by atoms with van der Waals surface area (Å²) in [5.74, 6) is 0.913. The number of hydrogen-bond donors (Lipinski definition) is 2. The molecule has 2 nitrogen and oxygen atoms in total. The minimum Gasteiger partial charge on any atom is -0.390 e. The minimum atomic E-state index is -0.849. The molecular weight excluding hydrogens is 188 g/mol. The zero-order chi connectivity index (χ0) is 9.15. The lowest BCUT2D eigenvalue weighted by atomic mass is 9.43. The molecule has 78 valence electrons. The fourth-order valence-electron chi connectivity index (χ4n) is 3.15. The van der Waals surface area contributed by atoms with E-state index in [1.807, 2.05) is 0 Å². The summed E-state index contributed by atoms with van der Waals surface area (Å²) < 4.78 is 0. The number of aliphatic hydroxyl groups is 2. The highest BCUT2D eigenvalue weighted by molar-refractivity contribution is 5.85. The van der Waals surface area contributed by atoms with Crippen molar-refractivity contribution in [2.45, 2.75) is 45.3 Å². The van der Waals surface area contributed by atoms with Crippen molar-refractivity contribution in [2.75, 3.05) is 0 Å². The van der Waals surface area contributed by atoms with Gasteiger partial charge in [-0.05, 0) is 37.0 Å². The van der Waals surface area contributed by atoms with Crippen molar-refractivity contribution in [1.82, 2.24) is 0 Å². The molecule has 0 aliphatic heterocycles. The molecule has 3 saturated carbocycles. The summed E-state index contributed by atoms with van der Waals surface area (Å²) in [5.41, 5.74) is -0.610. The molecule has 2 N–H and O–H groups in total. The third kappa shape index (κ3) is 1.23. The molecule has 3 rings (SSSR count). The molecule has 0 aromatic rings. The highest BCUT2D eigenvalue weighted by atomic mass is 35.5. The van der Waals surface area contributed by atoms with Gasteiger partial charge in [0.2, 0.25) is 0 Å². The Labute approximate surface area is 85.8 Å². The quantitative estimate of drug-likeness (QED) is 0.632. The van der Waals surface area contributed by atoms with E-state index in [2.05, 4.69) is 13.8 Å². The van der Waals surface area contributed by atoms with E-state index in [0.717, 1.165) is 12.8 Å². The number of aliphatic hydroxyl groups excluding tert-OH is 1. The molecule has 0 aromatic carbocycles. The first-order chi connectivity index (χ1) is 5.37. The maximum absolute atomic E-state index is 10.0.